The van der Waals surface area contributed by atoms with Gasteiger partial charge in [-0.25, -0.2) is 4.79 Å². The number of carboxylic acids is 1. The second-order valence-corrected chi connectivity index (χ2v) is 14.2. The maximum absolute atomic E-state index is 13.0. The van der Waals surface area contributed by atoms with Crippen LogP contribution in [0.25, 0.3) is 11.1 Å². The van der Waals surface area contributed by atoms with E-state index >= 15 is 0 Å². The molecular formula is C34H24N8O11S2. The van der Waals surface area contributed by atoms with Crippen molar-refractivity contribution in [2.45, 2.75) is 15.8 Å². The molecule has 19 nitrogen and oxygen atoms in total. The minimum Gasteiger partial charge on any atom is -0.505 e. The van der Waals surface area contributed by atoms with E-state index in [4.69, 9.17) is 4.55 Å². The SMILES string of the molecule is O=C(O)C1=NN(c2ccc(S(=O)(=O)O)cc2)C(=O)C1N=Nc1ccc(-c2ccc(N=Nc3cc(N=Nc4ccc(S(=O)(=O)O)cc4)c(O)cc3O)cc2)cc1. The summed E-state index contributed by atoms with van der Waals surface area (Å²) in [5, 5.41) is 58.6. The lowest BCUT2D eigenvalue weighted by atomic mass is 10.1. The number of hydrazone groups is 1. The number of hydrogen-bond acceptors (Lipinski definition) is 15. The van der Waals surface area contributed by atoms with Crippen LogP contribution in [0.15, 0.2) is 155 Å². The van der Waals surface area contributed by atoms with Gasteiger partial charge in [-0.3, -0.25) is 13.9 Å². The van der Waals surface area contributed by atoms with Crippen LogP contribution in [-0.2, 0) is 29.8 Å². The van der Waals surface area contributed by atoms with Crippen molar-refractivity contribution in [1.82, 2.24) is 0 Å². The van der Waals surface area contributed by atoms with Crippen molar-refractivity contribution in [3.63, 3.8) is 0 Å². The summed E-state index contributed by atoms with van der Waals surface area (Å²) in [4.78, 5) is 24.1. The average molecular weight is 785 g/mol. The maximum atomic E-state index is 13.0. The first-order chi connectivity index (χ1) is 26.1. The Balaban J connectivity index is 1.11. The third-order valence-corrected chi connectivity index (χ3v) is 9.35. The fraction of sp³-hybridized carbons (Fsp3) is 0.0294. The highest BCUT2D eigenvalue weighted by Gasteiger charge is 2.41. The Morgan fingerprint density at radius 3 is 1.45 bits per heavy atom. The molecule has 1 amide bonds. The lowest BCUT2D eigenvalue weighted by Gasteiger charge is -2.12. The highest BCUT2D eigenvalue weighted by Crippen LogP contribution is 2.40. The Hall–Kier alpha value is -7.07. The molecule has 0 fully saturated rings. The van der Waals surface area contributed by atoms with Gasteiger partial charge in [0.15, 0.2) is 5.71 Å². The third kappa shape index (κ3) is 8.77. The predicted molar refractivity (Wildman–Crippen MR) is 193 cm³/mol. The van der Waals surface area contributed by atoms with E-state index in [9.17, 15) is 46.3 Å². The second-order valence-electron chi connectivity index (χ2n) is 11.3. The van der Waals surface area contributed by atoms with Gasteiger partial charge in [0.1, 0.15) is 22.9 Å². The number of anilines is 1. The van der Waals surface area contributed by atoms with Crippen molar-refractivity contribution in [2.75, 3.05) is 5.01 Å². The van der Waals surface area contributed by atoms with Gasteiger partial charge in [0.25, 0.3) is 26.1 Å². The largest absolute Gasteiger partial charge is 0.505 e. The summed E-state index contributed by atoms with van der Waals surface area (Å²) >= 11 is 0. The molecule has 0 aliphatic carbocycles. The monoisotopic (exact) mass is 784 g/mol. The molecule has 5 N–H and O–H groups in total. The van der Waals surface area contributed by atoms with Gasteiger partial charge in [-0.05, 0) is 83.9 Å². The summed E-state index contributed by atoms with van der Waals surface area (Å²) in [6.07, 6.45) is 0. The summed E-state index contributed by atoms with van der Waals surface area (Å²) in [7, 11) is -8.87. The summed E-state index contributed by atoms with van der Waals surface area (Å²) in [5.41, 5.74) is 1.78. The highest BCUT2D eigenvalue weighted by molar-refractivity contribution is 7.86. The van der Waals surface area contributed by atoms with Gasteiger partial charge in [0, 0.05) is 12.1 Å². The van der Waals surface area contributed by atoms with Crippen LogP contribution in [0.1, 0.15) is 0 Å². The van der Waals surface area contributed by atoms with Gasteiger partial charge in [-0.1, -0.05) is 24.3 Å². The number of hydrogen-bond donors (Lipinski definition) is 5. The zero-order valence-corrected chi connectivity index (χ0v) is 29.2. The fourth-order valence-corrected chi connectivity index (χ4v) is 5.80. The molecule has 1 aliphatic heterocycles. The van der Waals surface area contributed by atoms with Crippen LogP contribution in [0, 0.1) is 0 Å². The van der Waals surface area contributed by atoms with Gasteiger partial charge >= 0.3 is 5.97 Å². The molecule has 1 atom stereocenters. The van der Waals surface area contributed by atoms with Crippen molar-refractivity contribution >= 4 is 71.9 Å². The smallest absolute Gasteiger partial charge is 0.355 e. The van der Waals surface area contributed by atoms with Crippen molar-refractivity contribution in [2.24, 2.45) is 35.8 Å². The number of benzene rings is 5. The molecule has 5 aromatic rings. The molecule has 6 rings (SSSR count). The standard InChI is InChI=1S/C34H24N8O11S2/c43-29-18-30(44)28(39-36-23-9-13-25(14-10-23)54(48,49)50)17-27(29)38-35-21-5-1-19(2-6-21)20-3-7-22(8-4-20)37-40-31-32(34(46)47)41-42(33(31)45)24-11-15-26(16-12-24)55(51,52)53/h1-18,31,43-44H,(H,46,47)(H,48,49,50)(H,51,52,53). The summed E-state index contributed by atoms with van der Waals surface area (Å²) < 4.78 is 63.4. The lowest BCUT2D eigenvalue weighted by molar-refractivity contribution is -0.130. The Bertz CT molecular complexity index is 2650. The Morgan fingerprint density at radius 1 is 0.600 bits per heavy atom. The number of carbonyl (C=O) groups is 2. The van der Waals surface area contributed by atoms with Crippen LogP contribution in [0.5, 0.6) is 11.5 Å². The van der Waals surface area contributed by atoms with Crippen LogP contribution in [0.4, 0.5) is 34.1 Å². The average Bonchev–Trinajstić information content (AvgIpc) is 3.49. The van der Waals surface area contributed by atoms with E-state index in [0.29, 0.717) is 11.4 Å². The van der Waals surface area contributed by atoms with E-state index in [1.54, 1.807) is 48.5 Å². The molecule has 1 unspecified atom stereocenters. The minimum absolute atomic E-state index is 0.0367. The fourth-order valence-electron chi connectivity index (χ4n) is 4.84. The first kappa shape index (κ1) is 37.7. The molecule has 5 aromatic carbocycles. The lowest BCUT2D eigenvalue weighted by Crippen LogP contribution is -2.33. The number of aromatic hydroxyl groups is 2. The molecule has 278 valence electrons. The van der Waals surface area contributed by atoms with Crippen LogP contribution < -0.4 is 5.01 Å². The number of carbonyl (C=O) groups excluding carboxylic acids is 1. The Morgan fingerprint density at radius 2 is 1.02 bits per heavy atom. The molecule has 1 aliphatic rings. The van der Waals surface area contributed by atoms with E-state index < -0.39 is 54.5 Å². The van der Waals surface area contributed by atoms with E-state index in [-0.39, 0.29) is 33.4 Å². The van der Waals surface area contributed by atoms with Gasteiger partial charge in [-0.2, -0.15) is 47.4 Å². The Kier molecular flexibility index (Phi) is 10.4. The van der Waals surface area contributed by atoms with Crippen molar-refractivity contribution < 1.29 is 50.8 Å². The molecular weight excluding hydrogens is 761 g/mol. The predicted octanol–water partition coefficient (Wildman–Crippen LogP) is 7.03. The molecule has 0 bridgehead atoms. The van der Waals surface area contributed by atoms with E-state index in [2.05, 4.69) is 35.8 Å². The molecule has 0 saturated heterocycles. The normalized spacial score (nSPS) is 15.0. The molecule has 0 aromatic heterocycles. The summed E-state index contributed by atoms with van der Waals surface area (Å²) in [6.45, 7) is 0. The first-order valence-corrected chi connectivity index (χ1v) is 18.3. The zero-order valence-electron chi connectivity index (χ0n) is 27.5. The third-order valence-electron chi connectivity index (χ3n) is 7.62. The molecule has 1 heterocycles. The topological polar surface area (TPSA) is 293 Å². The number of nitrogens with zero attached hydrogens (tertiary/aromatic N) is 8. The van der Waals surface area contributed by atoms with Crippen LogP contribution in [0.2, 0.25) is 0 Å². The number of aliphatic carboxylic acids is 1. The molecule has 0 saturated carbocycles. The van der Waals surface area contributed by atoms with E-state index in [1.807, 2.05) is 0 Å². The zero-order chi connectivity index (χ0) is 39.5. The quantitative estimate of drug-likeness (QED) is 0.0669. The number of amides is 1. The number of rotatable bonds is 11. The summed E-state index contributed by atoms with van der Waals surface area (Å²) in [5.74, 6) is -3.15. The van der Waals surface area contributed by atoms with Gasteiger partial charge < -0.3 is 15.3 Å². The highest BCUT2D eigenvalue weighted by atomic mass is 32.2. The van der Waals surface area contributed by atoms with Crippen molar-refractivity contribution in [3.05, 3.63) is 109 Å². The van der Waals surface area contributed by atoms with Gasteiger partial charge in [0.05, 0.1) is 32.5 Å². The summed E-state index contributed by atoms with van der Waals surface area (Å²) in [6, 6.07) is 23.3. The molecule has 55 heavy (non-hydrogen) atoms. The molecule has 0 radical (unpaired) electrons. The van der Waals surface area contributed by atoms with Crippen molar-refractivity contribution in [3.8, 4) is 22.6 Å². The number of carboxylic acid groups (broad SMARTS) is 1. The minimum atomic E-state index is -4.49. The maximum Gasteiger partial charge on any atom is 0.355 e. The number of azo groups is 3. The van der Waals surface area contributed by atoms with E-state index in [1.165, 1.54) is 30.3 Å². The number of phenolic OH excluding ortho intramolecular Hbond substituents is 2. The van der Waals surface area contributed by atoms with Crippen LogP contribution in [-0.4, -0.2) is 64.9 Å². The van der Waals surface area contributed by atoms with E-state index in [0.717, 1.165) is 46.5 Å². The van der Waals surface area contributed by atoms with Crippen LogP contribution >= 0.6 is 0 Å². The molecule has 21 heteroatoms. The van der Waals surface area contributed by atoms with Gasteiger partial charge in [0.2, 0.25) is 6.04 Å². The van der Waals surface area contributed by atoms with Crippen LogP contribution in [0.3, 0.4) is 0 Å². The first-order valence-electron chi connectivity index (χ1n) is 15.4. The Labute approximate surface area is 310 Å². The molecule has 0 spiro atoms. The van der Waals surface area contributed by atoms with Gasteiger partial charge in [-0.15, -0.1) is 10.2 Å². The van der Waals surface area contributed by atoms with Crippen molar-refractivity contribution in [1.29, 1.82) is 0 Å². The number of phenols is 2. The second kappa shape index (κ2) is 15.1.